The van der Waals surface area contributed by atoms with Crippen molar-refractivity contribution in [3.63, 3.8) is 0 Å². The molecule has 1 spiro atoms. The summed E-state index contributed by atoms with van der Waals surface area (Å²) >= 11 is 3.33. The second kappa shape index (κ2) is 13.0. The highest BCUT2D eigenvalue weighted by atomic mass is 79.9. The summed E-state index contributed by atoms with van der Waals surface area (Å²) in [4.78, 5) is 13.5. The summed E-state index contributed by atoms with van der Waals surface area (Å²) in [5.74, 6) is 0.708. The molecule has 2 aliphatic heterocycles. The van der Waals surface area contributed by atoms with E-state index in [0.717, 1.165) is 4.90 Å². The number of hydrogen-bond donors (Lipinski definition) is 3. The molecule has 0 radical (unpaired) electrons. The number of sulfone groups is 1. The number of halogens is 1. The van der Waals surface area contributed by atoms with Crippen LogP contribution in [0.1, 0.15) is 32.1 Å². The number of aliphatic hydroxyl groups is 2. The summed E-state index contributed by atoms with van der Waals surface area (Å²) in [7, 11) is -6.03. The van der Waals surface area contributed by atoms with Crippen molar-refractivity contribution in [2.24, 2.45) is 0 Å². The quantitative estimate of drug-likeness (QED) is 0.292. The Morgan fingerprint density at radius 2 is 1.82 bits per heavy atom. The molecule has 3 N–H and O–H groups in total. The Balaban J connectivity index is 1.16. The number of benzene rings is 2. The fourth-order valence-corrected chi connectivity index (χ4v) is 9.95. The van der Waals surface area contributed by atoms with E-state index in [1.807, 2.05) is 0 Å². The summed E-state index contributed by atoms with van der Waals surface area (Å²) < 4.78 is 70.0. The topological polar surface area (TPSA) is 180 Å². The first-order valence-corrected chi connectivity index (χ1v) is 18.2. The Morgan fingerprint density at radius 1 is 1.11 bits per heavy atom. The Kier molecular flexibility index (Phi) is 9.76. The van der Waals surface area contributed by atoms with Crippen LogP contribution < -0.4 is 9.47 Å². The van der Waals surface area contributed by atoms with E-state index in [9.17, 15) is 36.9 Å². The van der Waals surface area contributed by atoms with E-state index in [1.54, 1.807) is 6.07 Å². The van der Waals surface area contributed by atoms with E-state index in [-0.39, 0.29) is 48.4 Å². The van der Waals surface area contributed by atoms with Crippen molar-refractivity contribution in [3.05, 3.63) is 46.9 Å². The molecule has 1 amide bonds. The van der Waals surface area contributed by atoms with Crippen LogP contribution in [0.2, 0.25) is 0 Å². The van der Waals surface area contributed by atoms with Crippen LogP contribution in [0.25, 0.3) is 0 Å². The van der Waals surface area contributed by atoms with Crippen LogP contribution in [0.4, 0.5) is 4.79 Å². The number of hydrogen-bond acceptors (Lipinski definition) is 10. The highest BCUT2D eigenvalue weighted by Gasteiger charge is 2.54. The number of carboxylic acid groups (broad SMARTS) is 1. The van der Waals surface area contributed by atoms with Gasteiger partial charge in [-0.2, -0.15) is 4.31 Å². The molecule has 1 saturated carbocycles. The lowest BCUT2D eigenvalue weighted by molar-refractivity contribution is -0.0319. The van der Waals surface area contributed by atoms with Crippen LogP contribution in [-0.2, 0) is 24.6 Å². The number of ether oxygens (including phenoxy) is 3. The molecule has 2 heterocycles. The second-order valence-corrected chi connectivity index (χ2v) is 16.9. The van der Waals surface area contributed by atoms with Gasteiger partial charge in [-0.05, 0) is 84.4 Å². The minimum Gasteiger partial charge on any atom is -0.496 e. The third kappa shape index (κ3) is 6.82. The number of carbonyl (C=O) groups is 1. The molecule has 0 aromatic heterocycles. The van der Waals surface area contributed by atoms with E-state index in [2.05, 4.69) is 15.9 Å². The predicted octanol–water partition coefficient (Wildman–Crippen LogP) is 2.49. The standard InChI is InChI=1S/C29H37BrN2O11S2/c1-41-26-6-5-24(14-25(26)30)45(39,40)31-11-9-28(10-12-31)15-20(17-43-28)32(27(35)36)16-21(34)18-42-22-3-2-4-23(13-22)44(37,38)29(19-33)7-8-29/h2-6,13-14,20-21,33-34H,7-12,15-19H2,1H3,(H,35,36). The van der Waals surface area contributed by atoms with Crippen LogP contribution in [0.5, 0.6) is 11.5 Å². The van der Waals surface area contributed by atoms with Gasteiger partial charge in [0.15, 0.2) is 9.84 Å². The fraction of sp³-hybridized carbons (Fsp3) is 0.552. The van der Waals surface area contributed by atoms with Gasteiger partial charge in [0.05, 0.1) is 57.5 Å². The van der Waals surface area contributed by atoms with Crippen LogP contribution in [0.15, 0.2) is 56.7 Å². The average Bonchev–Trinajstić information content (AvgIpc) is 3.74. The summed E-state index contributed by atoms with van der Waals surface area (Å²) in [6, 6.07) is 9.82. The van der Waals surface area contributed by atoms with Gasteiger partial charge >= 0.3 is 6.09 Å². The van der Waals surface area contributed by atoms with Crippen molar-refractivity contribution in [3.8, 4) is 11.5 Å². The number of nitrogens with zero attached hydrogens (tertiary/aromatic N) is 2. The average molecular weight is 734 g/mol. The molecule has 248 valence electrons. The maximum atomic E-state index is 13.3. The number of aliphatic hydroxyl groups excluding tert-OH is 2. The lowest BCUT2D eigenvalue weighted by Crippen LogP contribution is -2.48. The highest BCUT2D eigenvalue weighted by Crippen LogP contribution is 2.46. The molecule has 3 fully saturated rings. The summed E-state index contributed by atoms with van der Waals surface area (Å²) in [6.45, 7) is -0.504. The number of methoxy groups -OCH3 is 1. The van der Waals surface area contributed by atoms with Gasteiger partial charge < -0.3 is 34.4 Å². The normalized spacial score (nSPS) is 21.7. The highest BCUT2D eigenvalue weighted by molar-refractivity contribution is 9.10. The molecular weight excluding hydrogens is 696 g/mol. The van der Waals surface area contributed by atoms with Crippen LogP contribution in [0, 0.1) is 0 Å². The molecule has 0 bridgehead atoms. The van der Waals surface area contributed by atoms with Gasteiger partial charge in [-0.25, -0.2) is 21.6 Å². The molecule has 5 rings (SSSR count). The molecule has 2 aromatic rings. The van der Waals surface area contributed by atoms with Crippen molar-refractivity contribution in [2.75, 3.05) is 46.6 Å². The molecule has 2 atom stereocenters. The SMILES string of the molecule is COc1ccc(S(=O)(=O)N2CCC3(CC2)CC(N(CC(O)COc2cccc(S(=O)(=O)C4(CO)CC4)c2)C(=O)O)CO3)cc1Br. The van der Waals surface area contributed by atoms with Gasteiger partial charge in [0.2, 0.25) is 10.0 Å². The van der Waals surface area contributed by atoms with Crippen molar-refractivity contribution in [1.82, 2.24) is 9.21 Å². The van der Waals surface area contributed by atoms with Crippen LogP contribution in [-0.4, -0.2) is 117 Å². The molecule has 3 aliphatic rings. The van der Waals surface area contributed by atoms with Crippen molar-refractivity contribution in [1.29, 1.82) is 0 Å². The molecule has 2 aromatic carbocycles. The van der Waals surface area contributed by atoms with Gasteiger partial charge in [-0.3, -0.25) is 0 Å². The zero-order valence-electron chi connectivity index (χ0n) is 24.7. The zero-order valence-corrected chi connectivity index (χ0v) is 27.9. The van der Waals surface area contributed by atoms with E-state index in [1.165, 1.54) is 47.8 Å². The van der Waals surface area contributed by atoms with Gasteiger partial charge in [0, 0.05) is 13.1 Å². The third-order valence-electron chi connectivity index (χ3n) is 8.90. The Hall–Kier alpha value is -2.47. The maximum Gasteiger partial charge on any atom is 0.407 e. The van der Waals surface area contributed by atoms with Crippen molar-refractivity contribution < 1.29 is 51.2 Å². The molecule has 45 heavy (non-hydrogen) atoms. The minimum absolute atomic E-state index is 0.0114. The van der Waals surface area contributed by atoms with Crippen LogP contribution in [0.3, 0.4) is 0 Å². The third-order valence-corrected chi connectivity index (χ3v) is 14.0. The Labute approximate surface area is 270 Å². The lowest BCUT2D eigenvalue weighted by atomic mass is 9.88. The molecule has 2 unspecified atom stereocenters. The van der Waals surface area contributed by atoms with E-state index in [0.29, 0.717) is 42.3 Å². The maximum absolute atomic E-state index is 13.3. The number of sulfonamides is 1. The van der Waals surface area contributed by atoms with Gasteiger partial charge in [-0.1, -0.05) is 6.07 Å². The van der Waals surface area contributed by atoms with Crippen molar-refractivity contribution in [2.45, 2.75) is 64.4 Å². The number of rotatable bonds is 12. The smallest absolute Gasteiger partial charge is 0.407 e. The summed E-state index contributed by atoms with van der Waals surface area (Å²) in [6.07, 6.45) is -0.580. The molecule has 16 heteroatoms. The van der Waals surface area contributed by atoms with Gasteiger partial charge in [0.1, 0.15) is 24.2 Å². The number of piperidine rings is 1. The van der Waals surface area contributed by atoms with Gasteiger partial charge in [0.25, 0.3) is 0 Å². The second-order valence-electron chi connectivity index (χ2n) is 11.8. The minimum atomic E-state index is -3.76. The largest absolute Gasteiger partial charge is 0.496 e. The molecule has 2 saturated heterocycles. The van der Waals surface area contributed by atoms with E-state index >= 15 is 0 Å². The molecule has 13 nitrogen and oxygen atoms in total. The van der Waals surface area contributed by atoms with E-state index in [4.69, 9.17) is 14.2 Å². The Morgan fingerprint density at radius 3 is 2.42 bits per heavy atom. The van der Waals surface area contributed by atoms with Crippen molar-refractivity contribution >= 4 is 41.9 Å². The molecule has 1 aliphatic carbocycles. The first-order chi connectivity index (χ1) is 21.3. The number of amides is 1. The zero-order chi connectivity index (χ0) is 32.6. The monoisotopic (exact) mass is 732 g/mol. The fourth-order valence-electron chi connectivity index (χ4n) is 5.95. The summed E-state index contributed by atoms with van der Waals surface area (Å²) in [5, 5.41) is 30.2. The van der Waals surface area contributed by atoms with E-state index < -0.39 is 55.1 Å². The first kappa shape index (κ1) is 33.9. The Bertz CT molecular complexity index is 1620. The molecular formula is C29H37BrN2O11S2. The predicted molar refractivity (Wildman–Crippen MR) is 165 cm³/mol. The summed E-state index contributed by atoms with van der Waals surface area (Å²) in [5.41, 5.74) is -0.689. The lowest BCUT2D eigenvalue weighted by Gasteiger charge is -2.38. The van der Waals surface area contributed by atoms with Crippen LogP contribution >= 0.6 is 15.9 Å². The first-order valence-electron chi connectivity index (χ1n) is 14.5. The van der Waals surface area contributed by atoms with Gasteiger partial charge in [-0.15, -0.1) is 0 Å².